The zero-order valence-electron chi connectivity index (χ0n) is 12.4. The molecule has 1 aromatic heterocycles. The first kappa shape index (κ1) is 14.8. The molecule has 0 amide bonds. The predicted octanol–water partition coefficient (Wildman–Crippen LogP) is 2.16. The number of Topliss-reactive ketones (excluding diaryl/α,β-unsaturated/α-hetero) is 1. The number of carbonyl (C=O) groups is 1. The van der Waals surface area contributed by atoms with E-state index in [0.717, 1.165) is 12.8 Å². The molecule has 1 fully saturated rings. The van der Waals surface area contributed by atoms with E-state index in [2.05, 4.69) is 4.98 Å². The number of carbonyl (C=O) groups excluding carboxylic acids is 1. The van der Waals surface area contributed by atoms with Crippen molar-refractivity contribution in [3.63, 3.8) is 0 Å². The molecule has 1 heterocycles. The Hall–Kier alpha value is -1.62. The monoisotopic (exact) mass is 278 g/mol. The van der Waals surface area contributed by atoms with Gasteiger partial charge in [-0.3, -0.25) is 4.79 Å². The van der Waals surface area contributed by atoms with Crippen molar-refractivity contribution in [2.24, 2.45) is 0 Å². The van der Waals surface area contributed by atoms with Crippen LogP contribution in [0, 0.1) is 0 Å². The lowest BCUT2D eigenvalue weighted by molar-refractivity contribution is 0.0934. The third-order valence-corrected chi connectivity index (χ3v) is 3.46. The van der Waals surface area contributed by atoms with Crippen LogP contribution in [0.1, 0.15) is 36.0 Å². The first-order valence-electron chi connectivity index (χ1n) is 6.99. The first-order chi connectivity index (χ1) is 9.60. The third kappa shape index (κ3) is 3.70. The molecular formula is C15H22N2O3. The van der Waals surface area contributed by atoms with Crippen molar-refractivity contribution < 1.29 is 14.3 Å². The van der Waals surface area contributed by atoms with Gasteiger partial charge < -0.3 is 14.4 Å². The molecule has 0 spiro atoms. The van der Waals surface area contributed by atoms with E-state index in [1.165, 1.54) is 6.42 Å². The summed E-state index contributed by atoms with van der Waals surface area (Å²) < 4.78 is 10.9. The first-order valence-corrected chi connectivity index (χ1v) is 6.99. The second-order valence-electron chi connectivity index (χ2n) is 5.35. The SMILES string of the molecule is COc1ccc(C(=O)CCN(C)C)c(OC2CCC2)n1. The highest BCUT2D eigenvalue weighted by molar-refractivity contribution is 5.98. The molecule has 2 rings (SSSR count). The topological polar surface area (TPSA) is 51.7 Å². The van der Waals surface area contributed by atoms with Crippen molar-refractivity contribution in [3.05, 3.63) is 17.7 Å². The van der Waals surface area contributed by atoms with Gasteiger partial charge >= 0.3 is 0 Å². The van der Waals surface area contributed by atoms with Crippen LogP contribution in [0.4, 0.5) is 0 Å². The Morgan fingerprint density at radius 3 is 2.70 bits per heavy atom. The fraction of sp³-hybridized carbons (Fsp3) is 0.600. The molecule has 0 radical (unpaired) electrons. The lowest BCUT2D eigenvalue weighted by Gasteiger charge is -2.26. The summed E-state index contributed by atoms with van der Waals surface area (Å²) in [5.41, 5.74) is 0.555. The molecule has 1 saturated carbocycles. The van der Waals surface area contributed by atoms with Crippen LogP contribution < -0.4 is 9.47 Å². The van der Waals surface area contributed by atoms with Gasteiger partial charge in [0.1, 0.15) is 6.10 Å². The maximum Gasteiger partial charge on any atom is 0.227 e. The number of rotatable bonds is 7. The number of aromatic nitrogens is 1. The summed E-state index contributed by atoms with van der Waals surface area (Å²) in [6, 6.07) is 3.45. The van der Waals surface area contributed by atoms with Crippen molar-refractivity contribution in [2.45, 2.75) is 31.8 Å². The molecule has 5 heteroatoms. The number of methoxy groups -OCH3 is 1. The molecule has 0 aliphatic heterocycles. The van der Waals surface area contributed by atoms with E-state index in [9.17, 15) is 4.79 Å². The van der Waals surface area contributed by atoms with Crippen molar-refractivity contribution in [1.29, 1.82) is 0 Å². The van der Waals surface area contributed by atoms with Gasteiger partial charge in [0.15, 0.2) is 5.78 Å². The molecule has 20 heavy (non-hydrogen) atoms. The zero-order valence-corrected chi connectivity index (χ0v) is 12.4. The Bertz CT molecular complexity index is 470. The number of hydrogen-bond donors (Lipinski definition) is 0. The molecule has 0 atom stereocenters. The summed E-state index contributed by atoms with van der Waals surface area (Å²) in [5.74, 6) is 0.949. The molecule has 0 aromatic carbocycles. The summed E-state index contributed by atoms with van der Waals surface area (Å²) in [6.45, 7) is 0.716. The molecule has 1 aliphatic rings. The van der Waals surface area contributed by atoms with Gasteiger partial charge in [-0.1, -0.05) is 0 Å². The summed E-state index contributed by atoms with van der Waals surface area (Å²) in [4.78, 5) is 18.5. The largest absolute Gasteiger partial charge is 0.481 e. The van der Waals surface area contributed by atoms with Gasteiger partial charge in [-0.15, -0.1) is 0 Å². The van der Waals surface area contributed by atoms with E-state index in [1.807, 2.05) is 19.0 Å². The van der Waals surface area contributed by atoms with E-state index in [0.29, 0.717) is 30.3 Å². The summed E-state index contributed by atoms with van der Waals surface area (Å²) in [7, 11) is 5.46. The van der Waals surface area contributed by atoms with Gasteiger partial charge in [0.05, 0.1) is 12.7 Å². The van der Waals surface area contributed by atoms with Gasteiger partial charge in [-0.05, 0) is 39.4 Å². The standard InChI is InChI=1S/C15H22N2O3/c1-17(2)10-9-13(18)12-7-8-14(19-3)16-15(12)20-11-5-4-6-11/h7-8,11H,4-6,9-10H2,1-3H3. The maximum absolute atomic E-state index is 12.3. The van der Waals surface area contributed by atoms with E-state index < -0.39 is 0 Å². The van der Waals surface area contributed by atoms with E-state index in [1.54, 1.807) is 19.2 Å². The van der Waals surface area contributed by atoms with Crippen LogP contribution >= 0.6 is 0 Å². The quantitative estimate of drug-likeness (QED) is 0.715. The minimum absolute atomic E-state index is 0.0585. The van der Waals surface area contributed by atoms with Crippen molar-refractivity contribution >= 4 is 5.78 Å². The van der Waals surface area contributed by atoms with Gasteiger partial charge in [-0.25, -0.2) is 0 Å². The molecule has 1 aromatic rings. The minimum atomic E-state index is 0.0585. The van der Waals surface area contributed by atoms with Crippen molar-refractivity contribution in [3.8, 4) is 11.8 Å². The predicted molar refractivity (Wildman–Crippen MR) is 76.6 cm³/mol. The number of ketones is 1. The molecule has 110 valence electrons. The molecule has 0 N–H and O–H groups in total. The van der Waals surface area contributed by atoms with Gasteiger partial charge in [-0.2, -0.15) is 4.98 Å². The van der Waals surface area contributed by atoms with Crippen LogP contribution in [0.5, 0.6) is 11.8 Å². The van der Waals surface area contributed by atoms with E-state index >= 15 is 0 Å². The summed E-state index contributed by atoms with van der Waals surface area (Å²) >= 11 is 0. The summed E-state index contributed by atoms with van der Waals surface area (Å²) in [6.07, 6.45) is 3.89. The normalized spacial score (nSPS) is 15.0. The minimum Gasteiger partial charge on any atom is -0.481 e. The highest BCUT2D eigenvalue weighted by atomic mass is 16.5. The Morgan fingerprint density at radius 2 is 2.15 bits per heavy atom. The van der Waals surface area contributed by atoms with Crippen molar-refractivity contribution in [1.82, 2.24) is 9.88 Å². The zero-order chi connectivity index (χ0) is 14.5. The average molecular weight is 278 g/mol. The van der Waals surface area contributed by atoms with Crippen LogP contribution in [0.15, 0.2) is 12.1 Å². The van der Waals surface area contributed by atoms with E-state index in [4.69, 9.17) is 9.47 Å². The van der Waals surface area contributed by atoms with Gasteiger partial charge in [0, 0.05) is 19.0 Å². The molecular weight excluding hydrogens is 256 g/mol. The van der Waals surface area contributed by atoms with Crippen LogP contribution in [0.3, 0.4) is 0 Å². The fourth-order valence-electron chi connectivity index (χ4n) is 1.95. The smallest absolute Gasteiger partial charge is 0.227 e. The Balaban J connectivity index is 2.14. The molecule has 0 bridgehead atoms. The van der Waals surface area contributed by atoms with Crippen LogP contribution in [0.2, 0.25) is 0 Å². The second-order valence-corrected chi connectivity index (χ2v) is 5.35. The Kier molecular flexibility index (Phi) is 4.95. The average Bonchev–Trinajstić information content (AvgIpc) is 2.39. The Morgan fingerprint density at radius 1 is 1.40 bits per heavy atom. The van der Waals surface area contributed by atoms with Gasteiger partial charge in [0.2, 0.25) is 11.8 Å². The molecule has 0 saturated heterocycles. The van der Waals surface area contributed by atoms with Gasteiger partial charge in [0.25, 0.3) is 0 Å². The Labute approximate surface area is 119 Å². The molecule has 5 nitrogen and oxygen atoms in total. The summed E-state index contributed by atoms with van der Waals surface area (Å²) in [5, 5.41) is 0. The number of nitrogens with zero attached hydrogens (tertiary/aromatic N) is 2. The lowest BCUT2D eigenvalue weighted by atomic mass is 9.96. The fourth-order valence-corrected chi connectivity index (χ4v) is 1.95. The van der Waals surface area contributed by atoms with Crippen LogP contribution in [-0.4, -0.2) is 49.5 Å². The molecule has 1 aliphatic carbocycles. The molecule has 0 unspecified atom stereocenters. The highest BCUT2D eigenvalue weighted by Crippen LogP contribution is 2.28. The maximum atomic E-state index is 12.3. The number of pyridine rings is 1. The number of ether oxygens (including phenoxy) is 2. The number of hydrogen-bond acceptors (Lipinski definition) is 5. The van der Waals surface area contributed by atoms with Crippen LogP contribution in [-0.2, 0) is 0 Å². The highest BCUT2D eigenvalue weighted by Gasteiger charge is 2.23. The lowest BCUT2D eigenvalue weighted by Crippen LogP contribution is -2.26. The second kappa shape index (κ2) is 6.70. The van der Waals surface area contributed by atoms with Crippen LogP contribution in [0.25, 0.3) is 0 Å². The third-order valence-electron chi connectivity index (χ3n) is 3.46. The van der Waals surface area contributed by atoms with Crippen molar-refractivity contribution in [2.75, 3.05) is 27.7 Å². The van der Waals surface area contributed by atoms with E-state index in [-0.39, 0.29) is 11.9 Å².